The van der Waals surface area contributed by atoms with Crippen LogP contribution >= 0.6 is 0 Å². The highest BCUT2D eigenvalue weighted by Crippen LogP contribution is 2.70. The van der Waals surface area contributed by atoms with Crippen LogP contribution in [0.25, 0.3) is 0 Å². The van der Waals surface area contributed by atoms with Crippen LogP contribution in [0, 0.1) is 46.3 Å². The van der Waals surface area contributed by atoms with Crippen molar-refractivity contribution in [1.82, 2.24) is 0 Å². The third-order valence-corrected chi connectivity index (χ3v) is 17.6. The van der Waals surface area contributed by atoms with Gasteiger partial charge in [-0.2, -0.15) is 0 Å². The first kappa shape index (κ1) is 50.1. The molecule has 0 spiro atoms. The Morgan fingerprint density at radius 2 is 1.31 bits per heavy atom. The highest BCUT2D eigenvalue weighted by Gasteiger charge is 2.71. The summed E-state index contributed by atoms with van der Waals surface area (Å²) in [5, 5.41) is 125. The lowest BCUT2D eigenvalue weighted by molar-refractivity contribution is -0.373. The van der Waals surface area contributed by atoms with Gasteiger partial charge in [0.05, 0.1) is 38.6 Å². The number of carbonyl (C=O) groups excluding carboxylic acids is 1. The molecule has 0 aromatic carbocycles. The smallest absolute Gasteiger partial charge is 0.187 e. The highest BCUT2D eigenvalue weighted by atomic mass is 16.8. The number of rotatable bonds is 13. The van der Waals surface area contributed by atoms with Crippen LogP contribution in [0.3, 0.4) is 0 Å². The summed E-state index contributed by atoms with van der Waals surface area (Å²) in [5.41, 5.74) is -0.343. The lowest BCUT2D eigenvalue weighted by Gasteiger charge is -2.60. The van der Waals surface area contributed by atoms with Crippen LogP contribution < -0.4 is 0 Å². The number of hydrogen-bond donors (Lipinski definition) is 12. The Morgan fingerprint density at radius 1 is 0.723 bits per heavy atom. The second-order valence-electron chi connectivity index (χ2n) is 20.9. The Balaban J connectivity index is 0.888. The van der Waals surface area contributed by atoms with E-state index in [0.717, 1.165) is 19.3 Å². The van der Waals surface area contributed by atoms with Crippen molar-refractivity contribution in [1.29, 1.82) is 0 Å². The fourth-order valence-electron chi connectivity index (χ4n) is 13.7. The van der Waals surface area contributed by atoms with Crippen molar-refractivity contribution in [3.05, 3.63) is 12.2 Å². The third kappa shape index (κ3) is 8.60. The summed E-state index contributed by atoms with van der Waals surface area (Å²) < 4.78 is 41.5. The van der Waals surface area contributed by atoms with Gasteiger partial charge >= 0.3 is 0 Å². The molecule has 0 aromatic rings. The number of aliphatic hydroxyl groups is 12. The molecular weight excluding hydrogens is 860 g/mol. The van der Waals surface area contributed by atoms with Crippen molar-refractivity contribution in [2.24, 2.45) is 46.3 Å². The van der Waals surface area contributed by atoms with E-state index in [4.69, 9.17) is 33.2 Å². The van der Waals surface area contributed by atoms with Crippen LogP contribution in [-0.2, 0) is 38.0 Å². The molecule has 8 aliphatic rings. The molecule has 12 N–H and O–H groups in total. The largest absolute Gasteiger partial charge is 0.394 e. The number of Topliss-reactive ketones (excluding diaryl/α,β-unsaturated/α-hetero) is 1. The Kier molecular flexibility index (Phi) is 14.7. The van der Waals surface area contributed by atoms with Crippen molar-refractivity contribution in [2.45, 2.75) is 189 Å². The maximum Gasteiger partial charge on any atom is 0.187 e. The fourth-order valence-corrected chi connectivity index (χ4v) is 13.7. The van der Waals surface area contributed by atoms with Gasteiger partial charge in [-0.05, 0) is 74.0 Å². The van der Waals surface area contributed by atoms with E-state index >= 15 is 0 Å². The Labute approximate surface area is 378 Å². The van der Waals surface area contributed by atoms with Crippen molar-refractivity contribution in [2.75, 3.05) is 26.4 Å². The fraction of sp³-hybridized carbons (Fsp3) is 0.933. The Hall–Kier alpha value is -1.35. The number of hydrogen-bond acceptors (Lipinski definition) is 20. The molecule has 20 heteroatoms. The molecule has 4 saturated heterocycles. The number of ether oxygens (including phenoxy) is 7. The van der Waals surface area contributed by atoms with E-state index < -0.39 is 129 Å². The SMILES string of the molecule is C=C(CCC1(O)O[C@H]2C[C@H]3[C@@H]4CC[C@@H]5C[C@@H](O[C@@H]6O[C@H](CO)[C@H](O)[C@H](O)[C@H]6O[C@@H]6O[C@H](CO)[C@@H](O)[C@H](O)[C@H]6O)CC[C@]5(C)[C@H]4CC(=O)[C@]3(C)[C@H]2[C@@H]1C)CO[C@@H]1O[C@H](CO)[C@@H](O)[C@H](O)[C@H]1O. The normalized spacial score (nSPS) is 54.4. The van der Waals surface area contributed by atoms with Crippen LogP contribution in [0.2, 0.25) is 0 Å². The predicted octanol–water partition coefficient (Wildman–Crippen LogP) is -2.68. The zero-order valence-corrected chi connectivity index (χ0v) is 37.3. The van der Waals surface area contributed by atoms with E-state index in [2.05, 4.69) is 20.4 Å². The van der Waals surface area contributed by atoms with Gasteiger partial charge < -0.3 is 94.4 Å². The van der Waals surface area contributed by atoms with Gasteiger partial charge in [-0.15, -0.1) is 0 Å². The number of carbonyl (C=O) groups is 1. The second-order valence-corrected chi connectivity index (χ2v) is 20.9. The topological polar surface area (TPSA) is 324 Å². The third-order valence-electron chi connectivity index (χ3n) is 17.6. The van der Waals surface area contributed by atoms with Gasteiger partial charge in [0, 0.05) is 30.1 Å². The van der Waals surface area contributed by atoms with Crippen molar-refractivity contribution in [3.8, 4) is 0 Å². The van der Waals surface area contributed by atoms with Crippen LogP contribution in [0.1, 0.15) is 78.6 Å². The molecule has 0 bridgehead atoms. The summed E-state index contributed by atoms with van der Waals surface area (Å²) >= 11 is 0. The minimum absolute atomic E-state index is 0.0590. The minimum atomic E-state index is -1.78. The first-order valence-electron chi connectivity index (χ1n) is 23.5. The average Bonchev–Trinajstić information content (AvgIpc) is 3.73. The molecule has 8 fully saturated rings. The summed E-state index contributed by atoms with van der Waals surface area (Å²) in [7, 11) is 0. The van der Waals surface area contributed by atoms with Crippen LogP contribution in [-0.4, -0.2) is 204 Å². The lowest BCUT2D eigenvalue weighted by Crippen LogP contribution is -2.65. The molecule has 0 aromatic heterocycles. The van der Waals surface area contributed by atoms with Gasteiger partial charge in [-0.25, -0.2) is 0 Å². The summed E-state index contributed by atoms with van der Waals surface area (Å²) in [6.45, 7) is 8.34. The second kappa shape index (κ2) is 19.1. The van der Waals surface area contributed by atoms with Crippen LogP contribution in [0.5, 0.6) is 0 Å². The summed E-state index contributed by atoms with van der Waals surface area (Å²) in [6.07, 6.45) is -18.0. The van der Waals surface area contributed by atoms with Gasteiger partial charge in [0.15, 0.2) is 24.7 Å². The summed E-state index contributed by atoms with van der Waals surface area (Å²) in [5.74, 6) is -1.34. The summed E-state index contributed by atoms with van der Waals surface area (Å²) in [6, 6.07) is 0. The zero-order valence-electron chi connectivity index (χ0n) is 37.3. The van der Waals surface area contributed by atoms with Gasteiger partial charge in [0.2, 0.25) is 0 Å². The molecule has 65 heavy (non-hydrogen) atoms. The molecular formula is C45H72O20. The molecule has 4 saturated carbocycles. The molecule has 8 rings (SSSR count). The van der Waals surface area contributed by atoms with Crippen molar-refractivity contribution < 1.29 is 99.2 Å². The molecule has 0 amide bonds. The van der Waals surface area contributed by atoms with Crippen molar-refractivity contribution in [3.63, 3.8) is 0 Å². The Bertz CT molecular complexity index is 1690. The number of aliphatic hydroxyl groups excluding tert-OH is 11. The highest BCUT2D eigenvalue weighted by molar-refractivity contribution is 5.87. The minimum Gasteiger partial charge on any atom is -0.394 e. The van der Waals surface area contributed by atoms with Gasteiger partial charge in [0.1, 0.15) is 79.0 Å². The van der Waals surface area contributed by atoms with Gasteiger partial charge in [-0.1, -0.05) is 32.9 Å². The lowest BCUT2D eigenvalue weighted by atomic mass is 9.44. The van der Waals surface area contributed by atoms with E-state index in [1.165, 1.54) is 0 Å². The first-order chi connectivity index (χ1) is 30.7. The van der Waals surface area contributed by atoms with E-state index in [0.29, 0.717) is 37.7 Å². The number of fused-ring (bicyclic) bond motifs is 7. The Morgan fingerprint density at radius 3 is 1.94 bits per heavy atom. The molecule has 26 atom stereocenters. The van der Waals surface area contributed by atoms with Crippen LogP contribution in [0.15, 0.2) is 12.2 Å². The molecule has 4 heterocycles. The number of ketones is 1. The molecule has 4 aliphatic heterocycles. The molecule has 4 aliphatic carbocycles. The standard InChI is InChI=1S/C45H72O20/c1-18(17-59-40-37(56)34(53)31(50)26(14-46)61-40)7-10-45(58)19(2)30-25(65-45)12-24-22-6-5-20-11-21(8-9-43(20,3)23(22)13-29(49)44(24,30)4)60-42-39(36(55)33(52)28(16-48)63-42)64-41-38(57)35(54)32(51)27(15-47)62-41/h19-28,30-42,46-48,50-58H,1,5-17H2,2-4H3/t19-,20+,21-,22+,23-,24-,25-,26+,27+,28+,30-,31+,32+,33-,34-,35-,36-,37+,38+,39+,40+,41-,42+,43-,44+,45?/m0/s1. The van der Waals surface area contributed by atoms with Crippen LogP contribution in [0.4, 0.5) is 0 Å². The monoisotopic (exact) mass is 932 g/mol. The maximum atomic E-state index is 14.7. The summed E-state index contributed by atoms with van der Waals surface area (Å²) in [4.78, 5) is 14.7. The average molecular weight is 933 g/mol. The zero-order chi connectivity index (χ0) is 47.1. The van der Waals surface area contributed by atoms with E-state index in [9.17, 15) is 66.1 Å². The van der Waals surface area contributed by atoms with Gasteiger partial charge in [0.25, 0.3) is 0 Å². The molecule has 372 valence electrons. The predicted molar refractivity (Wildman–Crippen MR) is 219 cm³/mol. The quantitative estimate of drug-likeness (QED) is 0.0662. The van der Waals surface area contributed by atoms with Crippen molar-refractivity contribution >= 4 is 5.78 Å². The van der Waals surface area contributed by atoms with E-state index in [1.807, 2.05) is 6.92 Å². The molecule has 1 unspecified atom stereocenters. The van der Waals surface area contributed by atoms with Gasteiger partial charge in [-0.3, -0.25) is 4.79 Å². The maximum absolute atomic E-state index is 14.7. The molecule has 20 nitrogen and oxygen atoms in total. The molecule has 0 radical (unpaired) electrons. The van der Waals surface area contributed by atoms with E-state index in [1.54, 1.807) is 0 Å². The first-order valence-corrected chi connectivity index (χ1v) is 23.5. The van der Waals surface area contributed by atoms with E-state index in [-0.39, 0.29) is 65.8 Å².